The highest BCUT2D eigenvalue weighted by atomic mass is 35.5. The number of pyridine rings is 1. The second kappa shape index (κ2) is 18.6. The summed E-state index contributed by atoms with van der Waals surface area (Å²) in [5.41, 5.74) is 7.31. The molecule has 0 saturated heterocycles. The third kappa shape index (κ3) is 10.0. The SMILES string of the molecule is CCn1nc(CCc2ccc(F)cc2)cc1C(=O)c1c[nH]c2ccc(Cl)cc12.CCn1nc(CCc2ccc(F)cc2)cc1C=O.Clc1cnc2[nH]ccc2c1. The summed E-state index contributed by atoms with van der Waals surface area (Å²) in [5.74, 6) is -0.557. The fourth-order valence-corrected chi connectivity index (χ4v) is 6.49. The number of benzene rings is 3. The molecule has 0 spiro atoms. The second-order valence-corrected chi connectivity index (χ2v) is 13.7. The first-order chi connectivity index (χ1) is 27.1. The molecule has 5 aromatic heterocycles. The average Bonchev–Trinajstić information content (AvgIpc) is 4.03. The Morgan fingerprint density at radius 2 is 1.36 bits per heavy atom. The minimum absolute atomic E-state index is 0.0871. The number of carbonyl (C=O) groups is 2. The first-order valence-corrected chi connectivity index (χ1v) is 18.9. The van der Waals surface area contributed by atoms with Crippen LogP contribution in [0.15, 0.2) is 110 Å². The molecule has 8 aromatic rings. The molecule has 0 aliphatic rings. The van der Waals surface area contributed by atoms with E-state index in [9.17, 15) is 18.4 Å². The van der Waals surface area contributed by atoms with Crippen molar-refractivity contribution in [1.29, 1.82) is 0 Å². The van der Waals surface area contributed by atoms with Gasteiger partial charge in [0.2, 0.25) is 5.78 Å². The molecule has 286 valence electrons. The van der Waals surface area contributed by atoms with Crippen molar-refractivity contribution in [1.82, 2.24) is 34.5 Å². The molecular weight excluding hydrogens is 755 g/mol. The predicted octanol–water partition coefficient (Wildman–Crippen LogP) is 10.0. The van der Waals surface area contributed by atoms with E-state index in [2.05, 4.69) is 25.1 Å². The van der Waals surface area contributed by atoms with Crippen molar-refractivity contribution in [2.45, 2.75) is 52.6 Å². The largest absolute Gasteiger partial charge is 0.360 e. The first-order valence-electron chi connectivity index (χ1n) is 18.1. The number of aryl methyl sites for hydroxylation is 6. The molecule has 5 heterocycles. The minimum atomic E-state index is -0.245. The summed E-state index contributed by atoms with van der Waals surface area (Å²) in [6, 6.07) is 25.8. The lowest BCUT2D eigenvalue weighted by atomic mass is 10.1. The summed E-state index contributed by atoms with van der Waals surface area (Å²) in [4.78, 5) is 34.1. The summed E-state index contributed by atoms with van der Waals surface area (Å²) in [7, 11) is 0. The van der Waals surface area contributed by atoms with Crippen molar-refractivity contribution in [3.05, 3.63) is 171 Å². The number of carbonyl (C=O) groups excluding carboxylic acids is 2. The van der Waals surface area contributed by atoms with Gasteiger partial charge in [-0.3, -0.25) is 19.0 Å². The number of hydrogen-bond acceptors (Lipinski definition) is 5. The third-order valence-electron chi connectivity index (χ3n) is 9.07. The highest BCUT2D eigenvalue weighted by Gasteiger charge is 2.20. The van der Waals surface area contributed by atoms with Crippen LogP contribution in [0.5, 0.6) is 0 Å². The molecule has 0 amide bonds. The van der Waals surface area contributed by atoms with E-state index < -0.39 is 0 Å². The smallest absolute Gasteiger partial charge is 0.213 e. The number of halogens is 4. The minimum Gasteiger partial charge on any atom is -0.360 e. The van der Waals surface area contributed by atoms with Gasteiger partial charge in [0.15, 0.2) is 6.29 Å². The molecule has 8 rings (SSSR count). The zero-order chi connectivity index (χ0) is 39.6. The quantitative estimate of drug-likeness (QED) is 0.1000. The number of aromatic amines is 2. The second-order valence-electron chi connectivity index (χ2n) is 12.9. The summed E-state index contributed by atoms with van der Waals surface area (Å²) in [6.07, 6.45) is 8.95. The number of hydrogen-bond donors (Lipinski definition) is 2. The average molecular weight is 795 g/mol. The normalized spacial score (nSPS) is 10.9. The molecule has 0 fully saturated rings. The van der Waals surface area contributed by atoms with Crippen LogP contribution < -0.4 is 0 Å². The molecule has 0 unspecified atom stereocenters. The van der Waals surface area contributed by atoms with Crippen LogP contribution in [0.3, 0.4) is 0 Å². The molecule has 0 aliphatic carbocycles. The number of aldehydes is 1. The Morgan fingerprint density at radius 3 is 1.96 bits per heavy atom. The maximum Gasteiger partial charge on any atom is 0.213 e. The Morgan fingerprint density at radius 1 is 0.732 bits per heavy atom. The van der Waals surface area contributed by atoms with Crippen molar-refractivity contribution in [2.24, 2.45) is 0 Å². The zero-order valence-electron chi connectivity index (χ0n) is 30.8. The number of rotatable bonds is 11. The Hall–Kier alpha value is -5.91. The van der Waals surface area contributed by atoms with Crippen LogP contribution >= 0.6 is 23.2 Å². The predicted molar refractivity (Wildman–Crippen MR) is 217 cm³/mol. The fraction of sp³-hybridized carbons (Fsp3) is 0.186. The van der Waals surface area contributed by atoms with Crippen LogP contribution in [-0.2, 0) is 38.8 Å². The lowest BCUT2D eigenvalue weighted by Gasteiger charge is -2.03. The van der Waals surface area contributed by atoms with Crippen LogP contribution in [-0.4, -0.2) is 46.6 Å². The van der Waals surface area contributed by atoms with E-state index in [4.69, 9.17) is 23.2 Å². The molecule has 0 bridgehead atoms. The molecule has 2 N–H and O–H groups in total. The van der Waals surface area contributed by atoms with Gasteiger partial charge in [0.05, 0.1) is 16.4 Å². The number of aromatic nitrogens is 7. The van der Waals surface area contributed by atoms with Gasteiger partial charge in [-0.15, -0.1) is 0 Å². The van der Waals surface area contributed by atoms with Gasteiger partial charge in [0, 0.05) is 58.6 Å². The topological polar surface area (TPSA) is 114 Å². The van der Waals surface area contributed by atoms with Crippen LogP contribution in [0, 0.1) is 11.6 Å². The Kier molecular flexibility index (Phi) is 13.2. The molecule has 3 aromatic carbocycles. The number of nitrogens with one attached hydrogen (secondary N) is 2. The molecular formula is C43H39Cl2F2N7O2. The number of nitrogens with zero attached hydrogens (tertiary/aromatic N) is 5. The standard InChI is InChI=1S/C22H19ClFN3O.C14H15FN2O.C7H5ClN2/c1-2-27-21(12-17(26-27)9-5-14-3-7-16(24)8-4-14)22(28)19-13-25-20-10-6-15(23)11-18(19)20;1-2-17-14(10-18)9-13(16-17)8-5-11-3-6-12(15)7-4-11;8-6-3-5-1-2-9-7(5)10-4-6/h3-4,6-8,10-13,25H,2,5,9H2,1H3;3-4,6-7,9-10H,2,5,8H2,1H3;1-4H,(H,9,10). The molecule has 0 radical (unpaired) electrons. The van der Waals surface area contributed by atoms with E-state index in [1.54, 1.807) is 64.2 Å². The van der Waals surface area contributed by atoms with Crippen molar-refractivity contribution >= 4 is 57.2 Å². The molecule has 0 aliphatic heterocycles. The Balaban J connectivity index is 0.000000161. The molecule has 0 atom stereocenters. The zero-order valence-corrected chi connectivity index (χ0v) is 32.3. The van der Waals surface area contributed by atoms with Crippen molar-refractivity contribution in [3.63, 3.8) is 0 Å². The lowest BCUT2D eigenvalue weighted by Crippen LogP contribution is -2.10. The van der Waals surface area contributed by atoms with Crippen LogP contribution in [0.1, 0.15) is 62.9 Å². The van der Waals surface area contributed by atoms with Crippen LogP contribution in [0.2, 0.25) is 10.0 Å². The third-order valence-corrected chi connectivity index (χ3v) is 9.51. The maximum atomic E-state index is 13.2. The fourth-order valence-electron chi connectivity index (χ4n) is 6.15. The Bertz CT molecular complexity index is 2560. The van der Waals surface area contributed by atoms with E-state index in [0.29, 0.717) is 46.5 Å². The Labute approximate surface area is 332 Å². The lowest BCUT2D eigenvalue weighted by molar-refractivity contribution is 0.103. The molecule has 0 saturated carbocycles. The van der Waals surface area contributed by atoms with E-state index in [0.717, 1.165) is 70.0 Å². The summed E-state index contributed by atoms with van der Waals surface area (Å²) in [5, 5.41) is 12.0. The first kappa shape index (κ1) is 39.8. The van der Waals surface area contributed by atoms with E-state index in [-0.39, 0.29) is 17.4 Å². The highest BCUT2D eigenvalue weighted by molar-refractivity contribution is 6.32. The van der Waals surface area contributed by atoms with Gasteiger partial charge < -0.3 is 9.97 Å². The van der Waals surface area contributed by atoms with Gasteiger partial charge in [0.25, 0.3) is 0 Å². The molecule has 9 nitrogen and oxygen atoms in total. The number of H-pyrrole nitrogens is 2. The van der Waals surface area contributed by atoms with E-state index in [1.807, 2.05) is 44.3 Å². The summed E-state index contributed by atoms with van der Waals surface area (Å²) in [6.45, 7) is 5.19. The van der Waals surface area contributed by atoms with E-state index in [1.165, 1.54) is 24.3 Å². The highest BCUT2D eigenvalue weighted by Crippen LogP contribution is 2.25. The van der Waals surface area contributed by atoms with Gasteiger partial charge >= 0.3 is 0 Å². The molecule has 13 heteroatoms. The van der Waals surface area contributed by atoms with Crippen LogP contribution in [0.4, 0.5) is 8.78 Å². The van der Waals surface area contributed by atoms with Gasteiger partial charge in [-0.1, -0.05) is 47.5 Å². The number of fused-ring (bicyclic) bond motifs is 2. The van der Waals surface area contributed by atoms with E-state index >= 15 is 0 Å². The monoisotopic (exact) mass is 793 g/mol. The van der Waals surface area contributed by atoms with Gasteiger partial charge in [-0.05, 0) is 117 Å². The number of ketones is 1. The maximum absolute atomic E-state index is 13.2. The van der Waals surface area contributed by atoms with Crippen molar-refractivity contribution in [2.75, 3.05) is 0 Å². The summed E-state index contributed by atoms with van der Waals surface area (Å²) < 4.78 is 29.2. The van der Waals surface area contributed by atoms with Gasteiger partial charge in [0.1, 0.15) is 28.7 Å². The molecule has 56 heavy (non-hydrogen) atoms. The van der Waals surface area contributed by atoms with Crippen molar-refractivity contribution < 1.29 is 18.4 Å². The summed E-state index contributed by atoms with van der Waals surface area (Å²) >= 11 is 11.8. The van der Waals surface area contributed by atoms with Gasteiger partial charge in [-0.25, -0.2) is 13.8 Å². The van der Waals surface area contributed by atoms with Gasteiger partial charge in [-0.2, -0.15) is 10.2 Å². The van der Waals surface area contributed by atoms with Crippen molar-refractivity contribution in [3.8, 4) is 0 Å². The van der Waals surface area contributed by atoms with Crippen LogP contribution in [0.25, 0.3) is 21.9 Å².